The molecule has 1 aromatic carbocycles. The number of nitrogens with two attached hydrogens (primary N) is 1. The Kier molecular flexibility index (Phi) is 3.29. The Morgan fingerprint density at radius 2 is 2.00 bits per heavy atom. The molecule has 0 amide bonds. The minimum absolute atomic E-state index is 0.0534. The number of nitrogen functional groups attached to an aromatic ring is 1. The van der Waals surface area contributed by atoms with Gasteiger partial charge in [0, 0.05) is 5.69 Å². The van der Waals surface area contributed by atoms with Crippen molar-refractivity contribution in [3.8, 4) is 0 Å². The van der Waals surface area contributed by atoms with Gasteiger partial charge in [0.15, 0.2) is 0 Å². The van der Waals surface area contributed by atoms with Gasteiger partial charge >= 0.3 is 0 Å². The molecule has 7 nitrogen and oxygen atoms in total. The van der Waals surface area contributed by atoms with Crippen molar-refractivity contribution in [2.24, 2.45) is 0 Å². The summed E-state index contributed by atoms with van der Waals surface area (Å²) in [5, 5.41) is 0. The van der Waals surface area contributed by atoms with E-state index in [2.05, 4.69) is 0 Å². The fraction of sp³-hybridized carbons (Fsp3) is 0. The zero-order chi connectivity index (χ0) is 11.6. The van der Waals surface area contributed by atoms with Crippen LogP contribution in [0, 0.1) is 0 Å². The van der Waals surface area contributed by atoms with Crippen LogP contribution in [0.3, 0.4) is 0 Å². The lowest BCUT2D eigenvalue weighted by Crippen LogP contribution is -2.06. The van der Waals surface area contributed by atoms with Gasteiger partial charge < -0.3 is 5.73 Å². The third-order valence-corrected chi connectivity index (χ3v) is 2.82. The topological polar surface area (TPSA) is 130 Å². The molecule has 1 atom stereocenters. The molecule has 1 rings (SSSR count). The number of hydrogen-bond donors (Lipinski definition) is 4. The molecule has 5 N–H and O–H groups in total. The maximum absolute atomic E-state index is 10.8. The summed E-state index contributed by atoms with van der Waals surface area (Å²) in [6, 6.07) is 3.45. The molecule has 0 aliphatic rings. The maximum Gasteiger partial charge on any atom is 0.296 e. The standard InChI is InChI=1S/C6H8N2O5S2/c7-5-2-1-4(8-14(9)10)3-6(5)15(11,12)13/h1-3,8H,7H2,(H,9,10)(H,11,12,13). The molecule has 0 heterocycles. The minimum atomic E-state index is -4.44. The zero-order valence-electron chi connectivity index (χ0n) is 7.25. The maximum atomic E-state index is 10.8. The molecule has 1 aromatic rings. The van der Waals surface area contributed by atoms with Gasteiger partial charge in [0.1, 0.15) is 4.90 Å². The van der Waals surface area contributed by atoms with Gasteiger partial charge in [-0.1, -0.05) is 0 Å². The predicted molar refractivity (Wildman–Crippen MR) is 55.1 cm³/mol. The molecule has 0 radical (unpaired) electrons. The Hall–Kier alpha value is -1.16. The normalized spacial score (nSPS) is 13.5. The van der Waals surface area contributed by atoms with Gasteiger partial charge in [0.25, 0.3) is 21.4 Å². The van der Waals surface area contributed by atoms with E-state index in [-0.39, 0.29) is 11.4 Å². The van der Waals surface area contributed by atoms with Gasteiger partial charge in [-0.15, -0.1) is 0 Å². The van der Waals surface area contributed by atoms with Crippen molar-refractivity contribution in [2.45, 2.75) is 4.90 Å². The van der Waals surface area contributed by atoms with Gasteiger partial charge in [-0.05, 0) is 18.2 Å². The Labute approximate surface area is 88.5 Å². The molecule has 15 heavy (non-hydrogen) atoms. The monoisotopic (exact) mass is 252 g/mol. The number of anilines is 2. The van der Waals surface area contributed by atoms with Gasteiger partial charge in [0.05, 0.1) is 5.69 Å². The van der Waals surface area contributed by atoms with Crippen LogP contribution >= 0.6 is 0 Å². The first-order valence-electron chi connectivity index (χ1n) is 3.55. The van der Waals surface area contributed by atoms with Gasteiger partial charge in [-0.25, -0.2) is 4.21 Å². The molecular weight excluding hydrogens is 244 g/mol. The van der Waals surface area contributed by atoms with Gasteiger partial charge in [-0.2, -0.15) is 8.42 Å². The van der Waals surface area contributed by atoms with Crippen molar-refractivity contribution in [3.63, 3.8) is 0 Å². The van der Waals surface area contributed by atoms with Crippen molar-refractivity contribution in [1.82, 2.24) is 0 Å². The molecule has 0 spiro atoms. The van der Waals surface area contributed by atoms with Crippen molar-refractivity contribution < 1.29 is 21.7 Å². The first-order chi connectivity index (χ1) is 6.80. The third-order valence-electron chi connectivity index (χ3n) is 1.50. The fourth-order valence-electron chi connectivity index (χ4n) is 0.922. The highest BCUT2D eigenvalue weighted by Gasteiger charge is 2.14. The smallest absolute Gasteiger partial charge is 0.296 e. The summed E-state index contributed by atoms with van der Waals surface area (Å²) in [6.07, 6.45) is 0. The second-order valence-electron chi connectivity index (χ2n) is 2.58. The molecule has 9 heteroatoms. The minimum Gasteiger partial charge on any atom is -0.398 e. The van der Waals surface area contributed by atoms with E-state index in [4.69, 9.17) is 14.8 Å². The van der Waals surface area contributed by atoms with Crippen LogP contribution < -0.4 is 10.5 Å². The summed E-state index contributed by atoms with van der Waals surface area (Å²) in [5.41, 5.74) is 5.21. The van der Waals surface area contributed by atoms with Crippen LogP contribution in [-0.4, -0.2) is 21.7 Å². The largest absolute Gasteiger partial charge is 0.398 e. The SMILES string of the molecule is Nc1ccc(NS(=O)O)cc1S(=O)(=O)O. The Bertz CT molecular complexity index is 498. The van der Waals surface area contributed by atoms with Gasteiger partial charge in [-0.3, -0.25) is 13.8 Å². The number of hydrogen-bond acceptors (Lipinski definition) is 4. The molecule has 0 saturated carbocycles. The van der Waals surface area contributed by atoms with Crippen molar-refractivity contribution in [3.05, 3.63) is 18.2 Å². The zero-order valence-corrected chi connectivity index (χ0v) is 8.88. The van der Waals surface area contributed by atoms with Crippen LogP contribution in [0.5, 0.6) is 0 Å². The van der Waals surface area contributed by atoms with Crippen LogP contribution in [0.25, 0.3) is 0 Å². The summed E-state index contributed by atoms with van der Waals surface area (Å²) < 4.78 is 51.3. The molecule has 84 valence electrons. The second kappa shape index (κ2) is 4.14. The number of benzene rings is 1. The lowest BCUT2D eigenvalue weighted by Gasteiger charge is -2.05. The average Bonchev–Trinajstić information content (AvgIpc) is 2.05. The van der Waals surface area contributed by atoms with E-state index in [1.54, 1.807) is 0 Å². The highest BCUT2D eigenvalue weighted by molar-refractivity contribution is 7.86. The summed E-state index contributed by atoms with van der Waals surface area (Å²) >= 11 is -2.33. The molecular formula is C6H8N2O5S2. The third kappa shape index (κ3) is 3.16. The second-order valence-corrected chi connectivity index (χ2v) is 4.67. The lowest BCUT2D eigenvalue weighted by atomic mass is 10.3. The predicted octanol–water partition coefficient (Wildman–Crippen LogP) is 0.0641. The van der Waals surface area contributed by atoms with Crippen molar-refractivity contribution in [2.75, 3.05) is 10.5 Å². The number of nitrogens with one attached hydrogen (secondary N) is 1. The Morgan fingerprint density at radius 1 is 1.40 bits per heavy atom. The van der Waals surface area contributed by atoms with E-state index in [9.17, 15) is 12.6 Å². The summed E-state index contributed by atoms with van der Waals surface area (Å²) in [4.78, 5) is -0.516. The first kappa shape index (κ1) is 11.9. The lowest BCUT2D eigenvalue weighted by molar-refractivity contribution is 0.483. The molecule has 0 saturated heterocycles. The Morgan fingerprint density at radius 3 is 2.47 bits per heavy atom. The fourth-order valence-corrected chi connectivity index (χ4v) is 1.89. The summed E-state index contributed by atoms with van der Waals surface area (Å²) in [7, 11) is -4.44. The molecule has 0 aliphatic heterocycles. The quantitative estimate of drug-likeness (QED) is 0.342. The van der Waals surface area contributed by atoms with Gasteiger partial charge in [0.2, 0.25) is 0 Å². The van der Waals surface area contributed by atoms with Crippen LogP contribution in [-0.2, 0) is 21.4 Å². The van der Waals surface area contributed by atoms with Crippen LogP contribution in [0.15, 0.2) is 23.1 Å². The van der Waals surface area contributed by atoms with E-state index < -0.39 is 26.3 Å². The van der Waals surface area contributed by atoms with E-state index in [0.29, 0.717) is 0 Å². The van der Waals surface area contributed by atoms with E-state index in [0.717, 1.165) is 6.07 Å². The van der Waals surface area contributed by atoms with Crippen LogP contribution in [0.2, 0.25) is 0 Å². The first-order valence-corrected chi connectivity index (χ1v) is 6.10. The van der Waals surface area contributed by atoms with E-state index in [1.807, 2.05) is 4.72 Å². The number of rotatable bonds is 3. The highest BCUT2D eigenvalue weighted by Crippen LogP contribution is 2.22. The Balaban J connectivity index is 3.23. The summed E-state index contributed by atoms with van der Waals surface area (Å²) in [5.74, 6) is 0. The van der Waals surface area contributed by atoms with Crippen molar-refractivity contribution >= 4 is 32.8 Å². The van der Waals surface area contributed by atoms with Crippen LogP contribution in [0.4, 0.5) is 11.4 Å². The molecule has 1 unspecified atom stereocenters. The van der Waals surface area contributed by atoms with E-state index in [1.165, 1.54) is 12.1 Å². The van der Waals surface area contributed by atoms with Crippen molar-refractivity contribution in [1.29, 1.82) is 0 Å². The molecule has 0 aromatic heterocycles. The average molecular weight is 252 g/mol. The molecule has 0 aliphatic carbocycles. The van der Waals surface area contributed by atoms with E-state index >= 15 is 0 Å². The summed E-state index contributed by atoms with van der Waals surface area (Å²) in [6.45, 7) is 0. The molecule has 0 fully saturated rings. The highest BCUT2D eigenvalue weighted by atomic mass is 32.2. The molecule has 0 bridgehead atoms. The van der Waals surface area contributed by atoms with Crippen LogP contribution in [0.1, 0.15) is 0 Å².